The number of urea groups is 1. The summed E-state index contributed by atoms with van der Waals surface area (Å²) in [6.07, 6.45) is 3.21. The van der Waals surface area contributed by atoms with Crippen molar-refractivity contribution in [2.75, 3.05) is 4.90 Å². The second-order valence-corrected chi connectivity index (χ2v) is 7.29. The highest BCUT2D eigenvalue weighted by Crippen LogP contribution is 2.25. The average Bonchev–Trinajstić information content (AvgIpc) is 3.00. The SMILES string of the molecule is Cc1ccc(-n2c(C)cc(/C=C3\C(=O)NC(=O)N(c4ccc(F)cc4)C3=O)c2C)nc1. The summed E-state index contributed by atoms with van der Waals surface area (Å²) < 4.78 is 15.2. The fraction of sp³-hybridized carbons (Fsp3) is 0.130. The van der Waals surface area contributed by atoms with Crippen LogP contribution < -0.4 is 10.2 Å². The third-order valence-electron chi connectivity index (χ3n) is 5.08. The number of pyridine rings is 1. The van der Waals surface area contributed by atoms with E-state index in [0.29, 0.717) is 11.4 Å². The van der Waals surface area contributed by atoms with Gasteiger partial charge in [0.05, 0.1) is 5.69 Å². The largest absolute Gasteiger partial charge is 0.335 e. The number of nitrogens with zero attached hydrogens (tertiary/aromatic N) is 3. The van der Waals surface area contributed by atoms with E-state index < -0.39 is 23.7 Å². The van der Waals surface area contributed by atoms with E-state index in [2.05, 4.69) is 10.3 Å². The van der Waals surface area contributed by atoms with E-state index in [9.17, 15) is 18.8 Å². The molecule has 31 heavy (non-hydrogen) atoms. The fourth-order valence-corrected chi connectivity index (χ4v) is 3.52. The quantitative estimate of drug-likeness (QED) is 0.520. The van der Waals surface area contributed by atoms with Crippen molar-refractivity contribution in [3.63, 3.8) is 0 Å². The Morgan fingerprint density at radius 1 is 1.00 bits per heavy atom. The number of imide groups is 2. The molecule has 0 saturated carbocycles. The normalized spacial score (nSPS) is 15.5. The van der Waals surface area contributed by atoms with E-state index in [4.69, 9.17) is 0 Å². The van der Waals surface area contributed by atoms with Gasteiger partial charge in [0.2, 0.25) is 0 Å². The van der Waals surface area contributed by atoms with Crippen LogP contribution in [0.2, 0.25) is 0 Å². The first kappa shape index (κ1) is 20.2. The Morgan fingerprint density at radius 3 is 2.35 bits per heavy atom. The molecule has 3 heterocycles. The molecule has 7 nitrogen and oxygen atoms in total. The number of aryl methyl sites for hydroxylation is 2. The van der Waals surface area contributed by atoms with Crippen LogP contribution in [0.5, 0.6) is 0 Å². The lowest BCUT2D eigenvalue weighted by molar-refractivity contribution is -0.122. The van der Waals surface area contributed by atoms with Gasteiger partial charge in [0.15, 0.2) is 0 Å². The molecule has 0 unspecified atom stereocenters. The molecule has 0 spiro atoms. The predicted molar refractivity (Wildman–Crippen MR) is 113 cm³/mol. The second-order valence-electron chi connectivity index (χ2n) is 7.29. The van der Waals surface area contributed by atoms with E-state index in [1.54, 1.807) is 6.20 Å². The zero-order valence-electron chi connectivity index (χ0n) is 17.1. The molecule has 1 aliphatic rings. The van der Waals surface area contributed by atoms with Crippen LogP contribution in [0.1, 0.15) is 22.5 Å². The smallest absolute Gasteiger partial charge is 0.303 e. The maximum Gasteiger partial charge on any atom is 0.335 e. The van der Waals surface area contributed by atoms with Gasteiger partial charge in [-0.3, -0.25) is 14.9 Å². The second kappa shape index (κ2) is 7.64. The van der Waals surface area contributed by atoms with Crippen LogP contribution >= 0.6 is 0 Å². The molecule has 0 radical (unpaired) electrons. The Hall–Kier alpha value is -4.07. The Balaban J connectivity index is 1.75. The number of anilines is 1. The third kappa shape index (κ3) is 3.63. The van der Waals surface area contributed by atoms with Crippen LogP contribution in [-0.4, -0.2) is 27.4 Å². The monoisotopic (exact) mass is 418 g/mol. The van der Waals surface area contributed by atoms with Crippen molar-refractivity contribution < 1.29 is 18.8 Å². The number of nitrogens with one attached hydrogen (secondary N) is 1. The summed E-state index contributed by atoms with van der Waals surface area (Å²) in [5.74, 6) is -1.35. The van der Waals surface area contributed by atoms with Crippen LogP contribution in [0.3, 0.4) is 0 Å². The van der Waals surface area contributed by atoms with Gasteiger partial charge in [-0.2, -0.15) is 0 Å². The van der Waals surface area contributed by atoms with Crippen LogP contribution in [-0.2, 0) is 9.59 Å². The summed E-state index contributed by atoms with van der Waals surface area (Å²) in [7, 11) is 0. The maximum atomic E-state index is 13.2. The van der Waals surface area contributed by atoms with Crippen LogP contribution in [0.4, 0.5) is 14.9 Å². The van der Waals surface area contributed by atoms with Crippen molar-refractivity contribution >= 4 is 29.6 Å². The van der Waals surface area contributed by atoms with Crippen LogP contribution in [0.15, 0.2) is 54.2 Å². The van der Waals surface area contributed by atoms with E-state index in [1.807, 2.05) is 43.5 Å². The lowest BCUT2D eigenvalue weighted by Crippen LogP contribution is -2.54. The number of benzene rings is 1. The Morgan fingerprint density at radius 2 is 1.71 bits per heavy atom. The molecular formula is C23H19FN4O3. The molecule has 2 aromatic heterocycles. The van der Waals surface area contributed by atoms with Gasteiger partial charge in [-0.15, -0.1) is 0 Å². The molecule has 0 aliphatic carbocycles. The van der Waals surface area contributed by atoms with Crippen molar-refractivity contribution in [3.8, 4) is 5.82 Å². The number of halogens is 1. The highest BCUT2D eigenvalue weighted by atomic mass is 19.1. The first-order chi connectivity index (χ1) is 14.8. The number of rotatable bonds is 3. The molecule has 1 aromatic carbocycles. The molecule has 156 valence electrons. The average molecular weight is 418 g/mol. The zero-order chi connectivity index (χ0) is 22.3. The highest BCUT2D eigenvalue weighted by molar-refractivity contribution is 6.39. The van der Waals surface area contributed by atoms with Crippen LogP contribution in [0, 0.1) is 26.6 Å². The summed E-state index contributed by atoms with van der Waals surface area (Å²) in [6.45, 7) is 5.70. The minimum absolute atomic E-state index is 0.164. The number of carbonyl (C=O) groups excluding carboxylic acids is 3. The molecule has 4 rings (SSSR count). The maximum absolute atomic E-state index is 13.2. The molecule has 1 aliphatic heterocycles. The Bertz CT molecular complexity index is 1240. The van der Waals surface area contributed by atoms with E-state index in [-0.39, 0.29) is 11.3 Å². The minimum atomic E-state index is -0.881. The summed E-state index contributed by atoms with van der Waals surface area (Å²) in [5.41, 5.74) is 3.30. The van der Waals surface area contributed by atoms with E-state index in [1.165, 1.54) is 18.2 Å². The number of hydrogen-bond acceptors (Lipinski definition) is 4. The van der Waals surface area contributed by atoms with Crippen molar-refractivity contribution in [2.45, 2.75) is 20.8 Å². The molecule has 3 aromatic rings. The molecule has 4 amide bonds. The topological polar surface area (TPSA) is 84.3 Å². The third-order valence-corrected chi connectivity index (χ3v) is 5.08. The van der Waals surface area contributed by atoms with Gasteiger partial charge in [-0.05, 0) is 74.4 Å². The standard InChI is InChI=1S/C23H19FN4O3/c1-13-4-9-20(25-12-13)27-14(2)10-16(15(27)3)11-19-21(29)26-23(31)28(22(19)30)18-7-5-17(24)6-8-18/h4-12H,1-3H3,(H,26,29,31)/b19-11+. The molecule has 1 N–H and O–H groups in total. The fourth-order valence-electron chi connectivity index (χ4n) is 3.52. The number of amides is 4. The van der Waals surface area contributed by atoms with Crippen molar-refractivity contribution in [1.29, 1.82) is 0 Å². The lowest BCUT2D eigenvalue weighted by atomic mass is 10.1. The van der Waals surface area contributed by atoms with E-state index in [0.717, 1.165) is 34.0 Å². The van der Waals surface area contributed by atoms with Gasteiger partial charge >= 0.3 is 6.03 Å². The van der Waals surface area contributed by atoms with E-state index >= 15 is 0 Å². The number of hydrogen-bond donors (Lipinski definition) is 1. The molecular weight excluding hydrogens is 399 g/mol. The minimum Gasteiger partial charge on any atom is -0.303 e. The van der Waals surface area contributed by atoms with Crippen molar-refractivity contribution in [3.05, 3.63) is 82.6 Å². The number of carbonyl (C=O) groups is 3. The summed E-state index contributed by atoms with van der Waals surface area (Å²) in [5, 5.41) is 2.17. The summed E-state index contributed by atoms with van der Waals surface area (Å²) >= 11 is 0. The van der Waals surface area contributed by atoms with Gasteiger partial charge in [-0.25, -0.2) is 19.1 Å². The van der Waals surface area contributed by atoms with Gasteiger partial charge in [0, 0.05) is 17.6 Å². The Labute approximate surface area is 177 Å². The highest BCUT2D eigenvalue weighted by Gasteiger charge is 2.37. The van der Waals surface area contributed by atoms with Gasteiger partial charge < -0.3 is 4.57 Å². The molecule has 1 fully saturated rings. The van der Waals surface area contributed by atoms with Gasteiger partial charge in [0.1, 0.15) is 17.2 Å². The summed E-state index contributed by atoms with van der Waals surface area (Å²) in [6, 6.07) is 9.67. The van der Waals surface area contributed by atoms with Gasteiger partial charge in [-0.1, -0.05) is 6.07 Å². The Kier molecular flexibility index (Phi) is 4.98. The molecule has 8 heteroatoms. The number of barbiturate groups is 1. The van der Waals surface area contributed by atoms with Gasteiger partial charge in [0.25, 0.3) is 11.8 Å². The van der Waals surface area contributed by atoms with Crippen molar-refractivity contribution in [1.82, 2.24) is 14.9 Å². The lowest BCUT2D eigenvalue weighted by Gasteiger charge is -2.26. The van der Waals surface area contributed by atoms with Crippen molar-refractivity contribution in [2.24, 2.45) is 0 Å². The summed E-state index contributed by atoms with van der Waals surface area (Å²) in [4.78, 5) is 43.0. The molecule has 1 saturated heterocycles. The van der Waals surface area contributed by atoms with Crippen LogP contribution in [0.25, 0.3) is 11.9 Å². The zero-order valence-corrected chi connectivity index (χ0v) is 17.1. The molecule has 0 atom stereocenters. The number of aromatic nitrogens is 2. The first-order valence-electron chi connectivity index (χ1n) is 9.55. The predicted octanol–water partition coefficient (Wildman–Crippen LogP) is 3.60. The first-order valence-corrected chi connectivity index (χ1v) is 9.55. The molecule has 0 bridgehead atoms.